The molecule has 3 rings (SSSR count). The first-order valence-corrected chi connectivity index (χ1v) is 7.45. The van der Waals surface area contributed by atoms with Crippen LogP contribution in [0.15, 0.2) is 67.3 Å². The van der Waals surface area contributed by atoms with Crippen molar-refractivity contribution in [2.75, 3.05) is 0 Å². The quantitative estimate of drug-likeness (QED) is 0.716. The normalized spacial score (nSPS) is 10.6. The van der Waals surface area contributed by atoms with E-state index in [9.17, 15) is 0 Å². The maximum absolute atomic E-state index is 4.11. The minimum atomic E-state index is 0.895. The fraction of sp³-hybridized carbons (Fsp3) is 0.125. The molecule has 0 saturated heterocycles. The first kappa shape index (κ1) is 12.9. The van der Waals surface area contributed by atoms with Gasteiger partial charge in [-0.25, -0.2) is 4.98 Å². The highest BCUT2D eigenvalue weighted by Crippen LogP contribution is 2.19. The number of nitrogens with zero attached hydrogens (tertiary/aromatic N) is 3. The summed E-state index contributed by atoms with van der Waals surface area (Å²) < 4.78 is 1.79. The van der Waals surface area contributed by atoms with Crippen molar-refractivity contribution in [1.29, 1.82) is 0 Å². The molecule has 1 aromatic heterocycles. The third kappa shape index (κ3) is 3.27. The van der Waals surface area contributed by atoms with E-state index in [0.717, 1.165) is 12.2 Å². The van der Waals surface area contributed by atoms with Crippen LogP contribution in [0.5, 0.6) is 0 Å². The fourth-order valence-corrected chi connectivity index (χ4v) is 2.87. The summed E-state index contributed by atoms with van der Waals surface area (Å²) in [7, 11) is 0. The third-order valence-electron chi connectivity index (χ3n) is 3.11. The molecule has 3 aromatic rings. The van der Waals surface area contributed by atoms with E-state index in [0.29, 0.717) is 0 Å². The average Bonchev–Trinajstić information content (AvgIpc) is 3.01. The Hall–Kier alpha value is -2.07. The Morgan fingerprint density at radius 2 is 1.65 bits per heavy atom. The van der Waals surface area contributed by atoms with E-state index in [2.05, 4.69) is 64.7 Å². The Bertz CT molecular complexity index is 651. The van der Waals surface area contributed by atoms with E-state index in [1.54, 1.807) is 28.7 Å². The van der Waals surface area contributed by atoms with E-state index in [4.69, 9.17) is 0 Å². The molecule has 0 fully saturated rings. The van der Waals surface area contributed by atoms with Crippen molar-refractivity contribution in [2.24, 2.45) is 0 Å². The van der Waals surface area contributed by atoms with Gasteiger partial charge >= 0.3 is 0 Å². The van der Waals surface area contributed by atoms with E-state index in [1.807, 2.05) is 0 Å². The second-order valence-corrected chi connectivity index (χ2v) is 5.42. The Labute approximate surface area is 122 Å². The summed E-state index contributed by atoms with van der Waals surface area (Å²) in [6, 6.07) is 19.1. The molecular weight excluding hydrogens is 266 g/mol. The molecule has 0 atom stereocenters. The van der Waals surface area contributed by atoms with Crippen molar-refractivity contribution in [3.8, 4) is 0 Å². The van der Waals surface area contributed by atoms with Crippen LogP contribution in [0.4, 0.5) is 0 Å². The highest BCUT2D eigenvalue weighted by Gasteiger charge is 2.04. The van der Waals surface area contributed by atoms with Crippen LogP contribution in [0.3, 0.4) is 0 Å². The van der Waals surface area contributed by atoms with Gasteiger partial charge in [0, 0.05) is 5.75 Å². The Morgan fingerprint density at radius 3 is 2.40 bits per heavy atom. The molecule has 1 heterocycles. The van der Waals surface area contributed by atoms with Crippen LogP contribution in [0.25, 0.3) is 0 Å². The van der Waals surface area contributed by atoms with Gasteiger partial charge in [-0.05, 0) is 35.1 Å². The highest BCUT2D eigenvalue weighted by molar-refractivity contribution is 7.96. The molecule has 0 bridgehead atoms. The lowest BCUT2D eigenvalue weighted by Crippen LogP contribution is -1.96. The van der Waals surface area contributed by atoms with Gasteiger partial charge in [0.2, 0.25) is 0 Å². The predicted octanol–water partition coefficient (Wildman–Crippen LogP) is 3.57. The monoisotopic (exact) mass is 281 g/mol. The molecule has 3 nitrogen and oxygen atoms in total. The SMILES string of the molecule is c1ccc(Cc2ccccc2CSn2cncn2)cc1. The molecule has 0 amide bonds. The van der Waals surface area contributed by atoms with E-state index < -0.39 is 0 Å². The lowest BCUT2D eigenvalue weighted by Gasteiger charge is -2.09. The van der Waals surface area contributed by atoms with Crippen LogP contribution in [0, 0.1) is 0 Å². The van der Waals surface area contributed by atoms with Gasteiger partial charge in [-0.3, -0.25) is 0 Å². The zero-order valence-corrected chi connectivity index (χ0v) is 11.8. The van der Waals surface area contributed by atoms with Gasteiger partial charge in [-0.1, -0.05) is 54.6 Å². The molecule has 0 aliphatic rings. The van der Waals surface area contributed by atoms with E-state index >= 15 is 0 Å². The molecule has 20 heavy (non-hydrogen) atoms. The number of hydrogen-bond donors (Lipinski definition) is 0. The van der Waals surface area contributed by atoms with Crippen LogP contribution in [-0.4, -0.2) is 14.2 Å². The van der Waals surface area contributed by atoms with Crippen molar-refractivity contribution in [1.82, 2.24) is 14.2 Å². The minimum absolute atomic E-state index is 0.895. The summed E-state index contributed by atoms with van der Waals surface area (Å²) >= 11 is 1.65. The summed E-state index contributed by atoms with van der Waals surface area (Å²) in [5, 5.41) is 4.11. The van der Waals surface area contributed by atoms with Gasteiger partial charge in [0.1, 0.15) is 12.7 Å². The second-order valence-electron chi connectivity index (χ2n) is 4.50. The third-order valence-corrected chi connectivity index (χ3v) is 4.00. The van der Waals surface area contributed by atoms with Crippen LogP contribution in [-0.2, 0) is 12.2 Å². The number of aromatic nitrogens is 3. The molecule has 0 unspecified atom stereocenters. The fourth-order valence-electron chi connectivity index (χ4n) is 2.09. The van der Waals surface area contributed by atoms with Crippen LogP contribution in [0.1, 0.15) is 16.7 Å². The Balaban J connectivity index is 1.74. The molecule has 0 aliphatic heterocycles. The van der Waals surface area contributed by atoms with Crippen LogP contribution >= 0.6 is 11.9 Å². The largest absolute Gasteiger partial charge is 0.222 e. The molecule has 4 heteroatoms. The van der Waals surface area contributed by atoms with Crippen molar-refractivity contribution in [3.63, 3.8) is 0 Å². The average molecular weight is 281 g/mol. The molecule has 0 radical (unpaired) electrons. The van der Waals surface area contributed by atoms with Gasteiger partial charge in [0.25, 0.3) is 0 Å². The molecule has 0 spiro atoms. The summed E-state index contributed by atoms with van der Waals surface area (Å²) in [6.45, 7) is 0. The van der Waals surface area contributed by atoms with Crippen molar-refractivity contribution >= 4 is 11.9 Å². The standard InChI is InChI=1S/C16H15N3S/c1-2-6-14(7-3-1)10-15-8-4-5-9-16(15)11-20-19-13-17-12-18-19/h1-9,12-13H,10-11H2. The number of rotatable bonds is 5. The van der Waals surface area contributed by atoms with Crippen LogP contribution in [0.2, 0.25) is 0 Å². The molecule has 0 saturated carbocycles. The van der Waals surface area contributed by atoms with Gasteiger partial charge in [-0.2, -0.15) is 4.09 Å². The first-order chi connectivity index (χ1) is 9.92. The molecular formula is C16H15N3S. The predicted molar refractivity (Wildman–Crippen MR) is 82.4 cm³/mol. The van der Waals surface area contributed by atoms with Crippen molar-refractivity contribution in [3.05, 3.63) is 83.9 Å². The van der Waals surface area contributed by atoms with E-state index in [-0.39, 0.29) is 0 Å². The van der Waals surface area contributed by atoms with Crippen molar-refractivity contribution in [2.45, 2.75) is 12.2 Å². The minimum Gasteiger partial charge on any atom is -0.222 e. The number of benzene rings is 2. The first-order valence-electron chi connectivity index (χ1n) is 6.50. The van der Waals surface area contributed by atoms with Gasteiger partial charge in [0.05, 0.1) is 0 Å². The topological polar surface area (TPSA) is 30.7 Å². The highest BCUT2D eigenvalue weighted by atomic mass is 32.2. The number of hydrogen-bond acceptors (Lipinski definition) is 3. The van der Waals surface area contributed by atoms with Crippen LogP contribution < -0.4 is 0 Å². The zero-order valence-electron chi connectivity index (χ0n) is 11.0. The smallest absolute Gasteiger partial charge is 0.138 e. The molecule has 100 valence electrons. The summed E-state index contributed by atoms with van der Waals surface area (Å²) in [5.74, 6) is 0.895. The van der Waals surface area contributed by atoms with Gasteiger partial charge in [0.15, 0.2) is 0 Å². The second kappa shape index (κ2) is 6.39. The lowest BCUT2D eigenvalue weighted by atomic mass is 10.0. The summed E-state index contributed by atoms with van der Waals surface area (Å²) in [4.78, 5) is 3.96. The Morgan fingerprint density at radius 1 is 0.900 bits per heavy atom. The summed E-state index contributed by atoms with van der Waals surface area (Å²) in [5.41, 5.74) is 4.05. The van der Waals surface area contributed by atoms with Crippen molar-refractivity contribution < 1.29 is 0 Å². The maximum atomic E-state index is 4.11. The maximum Gasteiger partial charge on any atom is 0.138 e. The summed E-state index contributed by atoms with van der Waals surface area (Å²) in [6.07, 6.45) is 4.25. The molecule has 2 aromatic carbocycles. The van der Waals surface area contributed by atoms with Gasteiger partial charge < -0.3 is 0 Å². The zero-order chi connectivity index (χ0) is 13.6. The van der Waals surface area contributed by atoms with Gasteiger partial charge in [-0.15, -0.1) is 5.10 Å². The molecule has 0 N–H and O–H groups in total. The Kier molecular flexibility index (Phi) is 4.13. The molecule has 0 aliphatic carbocycles. The lowest BCUT2D eigenvalue weighted by molar-refractivity contribution is 1.00. The van der Waals surface area contributed by atoms with E-state index in [1.165, 1.54) is 16.7 Å².